The number of aromatic nitrogens is 3. The molecule has 0 atom stereocenters. The van der Waals surface area contributed by atoms with Crippen molar-refractivity contribution in [3.05, 3.63) is 53.8 Å². The molecule has 0 amide bonds. The van der Waals surface area contributed by atoms with Crippen LogP contribution in [0.1, 0.15) is 5.69 Å². The zero-order chi connectivity index (χ0) is 13.8. The van der Waals surface area contributed by atoms with E-state index in [1.54, 1.807) is 35.5 Å². The van der Waals surface area contributed by atoms with E-state index in [0.717, 1.165) is 27.0 Å². The molecule has 3 rings (SSSR count). The van der Waals surface area contributed by atoms with Crippen molar-refractivity contribution in [2.75, 3.05) is 5.73 Å². The van der Waals surface area contributed by atoms with Gasteiger partial charge in [0.25, 0.3) is 0 Å². The predicted molar refractivity (Wildman–Crippen MR) is 83.6 cm³/mol. The number of nitrogens with two attached hydrogens (primary N) is 1. The van der Waals surface area contributed by atoms with Crippen LogP contribution >= 0.6 is 23.1 Å². The smallest absolute Gasteiger partial charge is 0.142 e. The molecule has 0 unspecified atom stereocenters. The lowest BCUT2D eigenvalue weighted by molar-refractivity contribution is 1.20. The maximum atomic E-state index is 5.56. The first-order valence-electron chi connectivity index (χ1n) is 6.01. The topological polar surface area (TPSA) is 64.7 Å². The van der Waals surface area contributed by atoms with Crippen molar-refractivity contribution >= 4 is 28.9 Å². The summed E-state index contributed by atoms with van der Waals surface area (Å²) in [4.78, 5) is 14.1. The molecule has 0 saturated carbocycles. The van der Waals surface area contributed by atoms with Gasteiger partial charge in [-0.3, -0.25) is 4.98 Å². The Morgan fingerprint density at radius 3 is 2.85 bits per heavy atom. The second-order valence-corrected chi connectivity index (χ2v) is 5.97. The summed E-state index contributed by atoms with van der Waals surface area (Å²) in [5.41, 5.74) is 7.54. The maximum Gasteiger partial charge on any atom is 0.142 e. The molecule has 6 heteroatoms. The number of nitrogen functional groups attached to an aromatic ring is 1. The Hall–Kier alpha value is -1.92. The van der Waals surface area contributed by atoms with Crippen molar-refractivity contribution in [1.29, 1.82) is 0 Å². The number of hydrogen-bond donors (Lipinski definition) is 1. The first-order chi connectivity index (χ1) is 9.81. The van der Waals surface area contributed by atoms with Crippen LogP contribution in [-0.4, -0.2) is 15.0 Å². The van der Waals surface area contributed by atoms with E-state index in [1.807, 2.05) is 30.3 Å². The molecule has 0 aliphatic rings. The van der Waals surface area contributed by atoms with Crippen LogP contribution in [0.5, 0.6) is 0 Å². The molecule has 100 valence electrons. The zero-order valence-electron chi connectivity index (χ0n) is 10.6. The lowest BCUT2D eigenvalue weighted by atomic mass is 10.4. The molecular weight excluding hydrogens is 288 g/mol. The number of hydrogen-bond acceptors (Lipinski definition) is 6. The summed E-state index contributed by atoms with van der Waals surface area (Å²) in [6.45, 7) is 0. The average molecular weight is 300 g/mol. The van der Waals surface area contributed by atoms with Gasteiger partial charge in [0.1, 0.15) is 10.8 Å². The SMILES string of the molecule is Nc1ccc(SCc2csc(-c3ccccn3)n2)cn1. The lowest BCUT2D eigenvalue weighted by Crippen LogP contribution is -1.88. The first kappa shape index (κ1) is 13.1. The summed E-state index contributed by atoms with van der Waals surface area (Å²) in [6, 6.07) is 9.63. The van der Waals surface area contributed by atoms with Crippen molar-refractivity contribution < 1.29 is 0 Å². The van der Waals surface area contributed by atoms with Crippen LogP contribution in [0.2, 0.25) is 0 Å². The third kappa shape index (κ3) is 3.15. The lowest BCUT2D eigenvalue weighted by Gasteiger charge is -1.99. The van der Waals surface area contributed by atoms with E-state index in [9.17, 15) is 0 Å². The molecule has 3 aromatic heterocycles. The predicted octanol–water partition coefficient (Wildman–Crippen LogP) is 3.47. The number of anilines is 1. The van der Waals surface area contributed by atoms with Crippen molar-refractivity contribution in [3.8, 4) is 10.7 Å². The van der Waals surface area contributed by atoms with E-state index in [1.165, 1.54) is 0 Å². The Balaban J connectivity index is 1.67. The Labute approximate surface area is 125 Å². The van der Waals surface area contributed by atoms with Crippen LogP contribution in [0.25, 0.3) is 10.7 Å². The normalized spacial score (nSPS) is 10.6. The molecule has 0 fully saturated rings. The molecule has 20 heavy (non-hydrogen) atoms. The highest BCUT2D eigenvalue weighted by Gasteiger charge is 2.06. The zero-order valence-corrected chi connectivity index (χ0v) is 12.2. The summed E-state index contributed by atoms with van der Waals surface area (Å²) in [6.07, 6.45) is 3.57. The first-order valence-corrected chi connectivity index (χ1v) is 7.88. The number of rotatable bonds is 4. The van der Waals surface area contributed by atoms with E-state index < -0.39 is 0 Å². The molecule has 0 spiro atoms. The number of thioether (sulfide) groups is 1. The standard InChI is InChI=1S/C14H12N4S2/c15-13-5-4-11(7-17-13)19-8-10-9-20-14(18-10)12-3-1-2-6-16-12/h1-7,9H,8H2,(H2,15,17). The highest BCUT2D eigenvalue weighted by Crippen LogP contribution is 2.26. The summed E-state index contributed by atoms with van der Waals surface area (Å²) in [7, 11) is 0. The molecule has 0 bridgehead atoms. The fourth-order valence-corrected chi connectivity index (χ4v) is 3.27. The maximum absolute atomic E-state index is 5.56. The number of pyridine rings is 2. The minimum Gasteiger partial charge on any atom is -0.384 e. The van der Waals surface area contributed by atoms with E-state index in [0.29, 0.717) is 5.82 Å². The second-order valence-electron chi connectivity index (χ2n) is 4.07. The molecule has 3 aromatic rings. The van der Waals surface area contributed by atoms with Gasteiger partial charge in [0.05, 0.1) is 11.4 Å². The summed E-state index contributed by atoms with van der Waals surface area (Å²) >= 11 is 3.31. The Morgan fingerprint density at radius 2 is 2.10 bits per heavy atom. The van der Waals surface area contributed by atoms with E-state index in [-0.39, 0.29) is 0 Å². The van der Waals surface area contributed by atoms with E-state index in [2.05, 4.69) is 20.3 Å². The molecule has 3 heterocycles. The largest absolute Gasteiger partial charge is 0.384 e. The van der Waals surface area contributed by atoms with Gasteiger partial charge >= 0.3 is 0 Å². The Kier molecular flexibility index (Phi) is 3.94. The third-order valence-electron chi connectivity index (χ3n) is 2.58. The quantitative estimate of drug-likeness (QED) is 0.747. The molecular formula is C14H12N4S2. The Bertz CT molecular complexity index is 680. The minimum absolute atomic E-state index is 0.542. The van der Waals surface area contributed by atoms with Crippen LogP contribution in [0.4, 0.5) is 5.82 Å². The number of thiazole rings is 1. The third-order valence-corrected chi connectivity index (χ3v) is 4.51. The minimum atomic E-state index is 0.542. The van der Waals surface area contributed by atoms with Crippen molar-refractivity contribution in [3.63, 3.8) is 0 Å². The van der Waals surface area contributed by atoms with Crippen molar-refractivity contribution in [2.24, 2.45) is 0 Å². The van der Waals surface area contributed by atoms with Gasteiger partial charge < -0.3 is 5.73 Å². The fourth-order valence-electron chi connectivity index (χ4n) is 1.61. The molecule has 2 N–H and O–H groups in total. The second kappa shape index (κ2) is 6.02. The highest BCUT2D eigenvalue weighted by atomic mass is 32.2. The van der Waals surface area contributed by atoms with Gasteiger partial charge in [-0.05, 0) is 24.3 Å². The fraction of sp³-hybridized carbons (Fsp3) is 0.0714. The number of nitrogens with zero attached hydrogens (tertiary/aromatic N) is 3. The van der Waals surface area contributed by atoms with E-state index >= 15 is 0 Å². The van der Waals surface area contributed by atoms with Crippen molar-refractivity contribution in [1.82, 2.24) is 15.0 Å². The Morgan fingerprint density at radius 1 is 1.15 bits per heavy atom. The van der Waals surface area contributed by atoms with E-state index in [4.69, 9.17) is 5.73 Å². The molecule has 4 nitrogen and oxygen atoms in total. The summed E-state index contributed by atoms with van der Waals surface area (Å²) in [5, 5.41) is 3.03. The van der Waals surface area contributed by atoms with Crippen LogP contribution in [0.3, 0.4) is 0 Å². The van der Waals surface area contributed by atoms with Gasteiger partial charge in [0, 0.05) is 28.4 Å². The molecule has 0 aromatic carbocycles. The monoisotopic (exact) mass is 300 g/mol. The van der Waals surface area contributed by atoms with Gasteiger partial charge in [-0.15, -0.1) is 23.1 Å². The van der Waals surface area contributed by atoms with Gasteiger partial charge in [-0.25, -0.2) is 9.97 Å². The van der Waals surface area contributed by atoms with Crippen molar-refractivity contribution in [2.45, 2.75) is 10.6 Å². The van der Waals surface area contributed by atoms with Crippen LogP contribution in [-0.2, 0) is 5.75 Å². The summed E-state index contributed by atoms with van der Waals surface area (Å²) < 4.78 is 0. The molecule has 0 aliphatic carbocycles. The van der Waals surface area contributed by atoms with Gasteiger partial charge in [0.15, 0.2) is 0 Å². The summed E-state index contributed by atoms with van der Waals surface area (Å²) in [5.74, 6) is 1.36. The van der Waals surface area contributed by atoms with Crippen LogP contribution in [0.15, 0.2) is 53.0 Å². The average Bonchev–Trinajstić information content (AvgIpc) is 2.97. The molecule has 0 saturated heterocycles. The molecule has 0 radical (unpaired) electrons. The van der Waals surface area contributed by atoms with Gasteiger partial charge in [-0.1, -0.05) is 6.07 Å². The van der Waals surface area contributed by atoms with Gasteiger partial charge in [-0.2, -0.15) is 0 Å². The molecule has 0 aliphatic heterocycles. The van der Waals surface area contributed by atoms with Gasteiger partial charge in [0.2, 0.25) is 0 Å². The highest BCUT2D eigenvalue weighted by molar-refractivity contribution is 7.98. The van der Waals surface area contributed by atoms with Crippen LogP contribution in [0, 0.1) is 0 Å². The van der Waals surface area contributed by atoms with Crippen LogP contribution < -0.4 is 5.73 Å².